The maximum absolute atomic E-state index is 11.8. The van der Waals surface area contributed by atoms with Gasteiger partial charge in [0.05, 0.1) is 18.1 Å². The first-order valence-corrected chi connectivity index (χ1v) is 8.70. The smallest absolute Gasteiger partial charge is 0.241 e. The number of carbonyl (C=O) groups is 1. The van der Waals surface area contributed by atoms with Crippen LogP contribution in [0.4, 0.5) is 5.82 Å². The quantitative estimate of drug-likeness (QED) is 0.700. The van der Waals surface area contributed by atoms with Crippen molar-refractivity contribution in [3.63, 3.8) is 0 Å². The Kier molecular flexibility index (Phi) is 4.98. The van der Waals surface area contributed by atoms with Crippen LogP contribution in [-0.4, -0.2) is 47.3 Å². The minimum Gasteiger partial charge on any atom is -0.361 e. The lowest BCUT2D eigenvalue weighted by atomic mass is 10.1. The third-order valence-corrected chi connectivity index (χ3v) is 3.59. The molecule has 10 nitrogen and oxygen atoms in total. The molecular formula is C12H18N6O4S. The second-order valence-electron chi connectivity index (χ2n) is 5.08. The summed E-state index contributed by atoms with van der Waals surface area (Å²) in [7, 11) is -3.42. The highest BCUT2D eigenvalue weighted by molar-refractivity contribution is 7.92. The third-order valence-electron chi connectivity index (χ3n) is 3.01. The maximum atomic E-state index is 11.8. The van der Waals surface area contributed by atoms with Gasteiger partial charge in [-0.15, -0.1) is 5.10 Å². The van der Waals surface area contributed by atoms with Gasteiger partial charge in [0.2, 0.25) is 15.9 Å². The molecule has 0 aliphatic heterocycles. The summed E-state index contributed by atoms with van der Waals surface area (Å²) in [5, 5.41) is 13.9. The number of nitrogens with one attached hydrogen (secondary N) is 2. The Hall–Kier alpha value is -2.43. The van der Waals surface area contributed by atoms with E-state index < -0.39 is 10.0 Å². The normalized spacial score (nSPS) is 11.4. The van der Waals surface area contributed by atoms with Crippen molar-refractivity contribution >= 4 is 21.7 Å². The molecule has 2 rings (SSSR count). The molecule has 2 aromatic rings. The Labute approximate surface area is 133 Å². The summed E-state index contributed by atoms with van der Waals surface area (Å²) in [6.07, 6.45) is 2.97. The molecule has 0 radical (unpaired) electrons. The molecule has 126 valence electrons. The molecule has 23 heavy (non-hydrogen) atoms. The summed E-state index contributed by atoms with van der Waals surface area (Å²) >= 11 is 0. The average Bonchev–Trinajstić information content (AvgIpc) is 2.97. The molecule has 0 spiro atoms. The Bertz CT molecular complexity index is 775. The van der Waals surface area contributed by atoms with Gasteiger partial charge in [-0.25, -0.2) is 13.1 Å². The number of rotatable bonds is 7. The maximum Gasteiger partial charge on any atom is 0.241 e. The zero-order valence-corrected chi connectivity index (χ0v) is 13.8. The molecule has 0 aromatic carbocycles. The first kappa shape index (κ1) is 16.9. The fraction of sp³-hybridized carbons (Fsp3) is 0.500. The van der Waals surface area contributed by atoms with E-state index in [1.165, 1.54) is 10.9 Å². The van der Waals surface area contributed by atoms with Gasteiger partial charge in [0.15, 0.2) is 5.82 Å². The lowest BCUT2D eigenvalue weighted by Gasteiger charge is -2.04. The average molecular weight is 342 g/mol. The molecule has 2 N–H and O–H groups in total. The molecule has 0 saturated carbocycles. The van der Waals surface area contributed by atoms with Crippen LogP contribution in [0.25, 0.3) is 0 Å². The van der Waals surface area contributed by atoms with E-state index in [1.54, 1.807) is 0 Å². The highest BCUT2D eigenvalue weighted by atomic mass is 32.2. The summed E-state index contributed by atoms with van der Waals surface area (Å²) in [5.41, 5.74) is 1.79. The molecule has 0 bridgehead atoms. The first-order valence-electron chi connectivity index (χ1n) is 6.81. The topological polar surface area (TPSA) is 132 Å². The SMILES string of the molecule is Cc1noc(C)c1CCNC(=O)Cn1cc(NS(C)(=O)=O)nn1. The standard InChI is InChI=1S/C12H18N6O4S/c1-8-10(9(2)22-15-8)4-5-13-12(19)7-18-6-11(14-17-18)16-23(3,20)21/h6,16H,4-5,7H2,1-3H3,(H,13,19). The monoisotopic (exact) mass is 342 g/mol. The Morgan fingerprint density at radius 1 is 1.39 bits per heavy atom. The lowest BCUT2D eigenvalue weighted by molar-refractivity contribution is -0.121. The predicted octanol–water partition coefficient (Wildman–Crippen LogP) is -0.387. The molecule has 0 atom stereocenters. The van der Waals surface area contributed by atoms with Gasteiger partial charge in [-0.2, -0.15) is 0 Å². The van der Waals surface area contributed by atoms with Crippen molar-refractivity contribution in [3.8, 4) is 0 Å². The zero-order chi connectivity index (χ0) is 17.0. The number of amides is 1. The minimum atomic E-state index is -3.42. The molecule has 0 aliphatic rings. The van der Waals surface area contributed by atoms with Gasteiger partial charge in [0.1, 0.15) is 12.3 Å². The minimum absolute atomic E-state index is 0.0555. The number of aromatic nitrogens is 4. The Balaban J connectivity index is 1.81. The van der Waals surface area contributed by atoms with E-state index in [0.717, 1.165) is 23.3 Å². The van der Waals surface area contributed by atoms with E-state index in [-0.39, 0.29) is 18.3 Å². The molecular weight excluding hydrogens is 324 g/mol. The summed E-state index contributed by atoms with van der Waals surface area (Å²) in [5.74, 6) is 0.549. The van der Waals surface area contributed by atoms with Gasteiger partial charge < -0.3 is 9.84 Å². The highest BCUT2D eigenvalue weighted by Gasteiger charge is 2.11. The molecule has 0 saturated heterocycles. The van der Waals surface area contributed by atoms with E-state index in [0.29, 0.717) is 13.0 Å². The Morgan fingerprint density at radius 2 is 2.13 bits per heavy atom. The van der Waals surface area contributed by atoms with Crippen molar-refractivity contribution in [2.75, 3.05) is 17.5 Å². The van der Waals surface area contributed by atoms with Crippen LogP contribution in [0.5, 0.6) is 0 Å². The van der Waals surface area contributed by atoms with Crippen LogP contribution in [-0.2, 0) is 27.8 Å². The summed E-state index contributed by atoms with van der Waals surface area (Å²) in [6, 6.07) is 0. The fourth-order valence-electron chi connectivity index (χ4n) is 2.00. The molecule has 1 amide bonds. The number of carbonyl (C=O) groups excluding carboxylic acids is 1. The molecule has 0 fully saturated rings. The second kappa shape index (κ2) is 6.77. The van der Waals surface area contributed by atoms with Crippen LogP contribution >= 0.6 is 0 Å². The first-order chi connectivity index (χ1) is 10.7. The zero-order valence-electron chi connectivity index (χ0n) is 13.0. The van der Waals surface area contributed by atoms with E-state index >= 15 is 0 Å². The van der Waals surface area contributed by atoms with Gasteiger partial charge in [0, 0.05) is 12.1 Å². The van der Waals surface area contributed by atoms with E-state index in [1.807, 2.05) is 13.8 Å². The van der Waals surface area contributed by atoms with Gasteiger partial charge in [-0.1, -0.05) is 10.4 Å². The number of anilines is 1. The highest BCUT2D eigenvalue weighted by Crippen LogP contribution is 2.12. The fourth-order valence-corrected chi connectivity index (χ4v) is 2.47. The number of hydrogen-bond acceptors (Lipinski definition) is 7. The van der Waals surface area contributed by atoms with E-state index in [9.17, 15) is 13.2 Å². The number of hydrogen-bond donors (Lipinski definition) is 2. The summed E-state index contributed by atoms with van der Waals surface area (Å²) in [6.45, 7) is 4.05. The second-order valence-corrected chi connectivity index (χ2v) is 6.83. The van der Waals surface area contributed by atoms with Crippen LogP contribution in [0.2, 0.25) is 0 Å². The molecule has 0 unspecified atom stereocenters. The Morgan fingerprint density at radius 3 is 2.74 bits per heavy atom. The predicted molar refractivity (Wildman–Crippen MR) is 81.2 cm³/mol. The van der Waals surface area contributed by atoms with Crippen molar-refractivity contribution in [1.82, 2.24) is 25.5 Å². The van der Waals surface area contributed by atoms with Crippen LogP contribution in [0, 0.1) is 13.8 Å². The molecule has 11 heteroatoms. The number of sulfonamides is 1. The van der Waals surface area contributed by atoms with Gasteiger partial charge >= 0.3 is 0 Å². The molecule has 2 aromatic heterocycles. The van der Waals surface area contributed by atoms with Crippen molar-refractivity contribution in [1.29, 1.82) is 0 Å². The largest absolute Gasteiger partial charge is 0.361 e. The van der Waals surface area contributed by atoms with Crippen molar-refractivity contribution < 1.29 is 17.7 Å². The van der Waals surface area contributed by atoms with Gasteiger partial charge in [-0.05, 0) is 20.3 Å². The molecule has 0 aliphatic carbocycles. The van der Waals surface area contributed by atoms with Crippen LogP contribution in [0.3, 0.4) is 0 Å². The summed E-state index contributed by atoms with van der Waals surface area (Å²) < 4.78 is 30.6. The van der Waals surface area contributed by atoms with Gasteiger partial charge in [-0.3, -0.25) is 9.52 Å². The van der Waals surface area contributed by atoms with Crippen LogP contribution in [0.1, 0.15) is 17.0 Å². The molecule has 2 heterocycles. The summed E-state index contributed by atoms with van der Waals surface area (Å²) in [4.78, 5) is 11.8. The van der Waals surface area contributed by atoms with Crippen molar-refractivity contribution in [2.45, 2.75) is 26.8 Å². The van der Waals surface area contributed by atoms with Crippen LogP contribution < -0.4 is 10.0 Å². The number of aryl methyl sites for hydroxylation is 2. The third kappa shape index (κ3) is 5.06. The number of nitrogens with zero attached hydrogens (tertiary/aromatic N) is 4. The van der Waals surface area contributed by atoms with Crippen molar-refractivity contribution in [3.05, 3.63) is 23.2 Å². The van der Waals surface area contributed by atoms with Crippen molar-refractivity contribution in [2.24, 2.45) is 0 Å². The van der Waals surface area contributed by atoms with E-state index in [4.69, 9.17) is 4.52 Å². The van der Waals surface area contributed by atoms with E-state index in [2.05, 4.69) is 25.5 Å². The van der Waals surface area contributed by atoms with Crippen LogP contribution in [0.15, 0.2) is 10.7 Å². The lowest BCUT2D eigenvalue weighted by Crippen LogP contribution is -2.29. The van der Waals surface area contributed by atoms with Gasteiger partial charge in [0.25, 0.3) is 0 Å².